The van der Waals surface area contributed by atoms with Gasteiger partial charge in [0.2, 0.25) is 11.8 Å². The zero-order valence-corrected chi connectivity index (χ0v) is 16.4. The molecule has 0 aliphatic heterocycles. The van der Waals surface area contributed by atoms with Crippen LogP contribution >= 0.6 is 0 Å². The number of nitrogens with one attached hydrogen (secondary N) is 1. The van der Waals surface area contributed by atoms with Gasteiger partial charge in [-0.15, -0.1) is 0 Å². The Morgan fingerprint density at radius 1 is 1.07 bits per heavy atom. The fraction of sp³-hybridized carbons (Fsp3) is 0.100. The van der Waals surface area contributed by atoms with Crippen molar-refractivity contribution >= 4 is 15.9 Å². The van der Waals surface area contributed by atoms with E-state index in [0.717, 1.165) is 0 Å². The van der Waals surface area contributed by atoms with Crippen molar-refractivity contribution in [1.82, 2.24) is 10.1 Å². The highest BCUT2D eigenvalue weighted by atomic mass is 32.2. The first-order valence-electron chi connectivity index (χ1n) is 8.65. The lowest BCUT2D eigenvalue weighted by molar-refractivity contribution is 0.430. The van der Waals surface area contributed by atoms with Gasteiger partial charge in [0.1, 0.15) is 12.0 Å². The predicted octanol–water partition coefficient (Wildman–Crippen LogP) is 4.12. The number of phenols is 1. The van der Waals surface area contributed by atoms with Gasteiger partial charge in [0.25, 0.3) is 10.0 Å². The molecular formula is C20H17N3O5S. The van der Waals surface area contributed by atoms with Crippen LogP contribution in [0.2, 0.25) is 0 Å². The summed E-state index contributed by atoms with van der Waals surface area (Å²) >= 11 is 0. The van der Waals surface area contributed by atoms with Gasteiger partial charge in [0.15, 0.2) is 0 Å². The number of oxazole rings is 1. The lowest BCUT2D eigenvalue weighted by atomic mass is 10.0. The van der Waals surface area contributed by atoms with Crippen LogP contribution < -0.4 is 4.72 Å². The number of aryl methyl sites for hydroxylation is 1. The lowest BCUT2D eigenvalue weighted by Crippen LogP contribution is -2.14. The molecule has 0 bridgehead atoms. The summed E-state index contributed by atoms with van der Waals surface area (Å²) < 4.78 is 39.4. The minimum atomic E-state index is -4.10. The Hall–Kier alpha value is -3.59. The maximum absolute atomic E-state index is 13.3. The van der Waals surface area contributed by atoms with Crippen molar-refractivity contribution in [3.05, 3.63) is 66.2 Å². The maximum Gasteiger partial charge on any atom is 0.264 e. The molecule has 0 atom stereocenters. The number of aromatic nitrogens is 2. The summed E-state index contributed by atoms with van der Waals surface area (Å²) in [5.74, 6) is 0.267. The number of sulfonamides is 1. The van der Waals surface area contributed by atoms with E-state index in [2.05, 4.69) is 14.9 Å². The first-order valence-corrected chi connectivity index (χ1v) is 10.1. The largest absolute Gasteiger partial charge is 0.507 e. The van der Waals surface area contributed by atoms with Crippen molar-refractivity contribution in [3.63, 3.8) is 0 Å². The Morgan fingerprint density at radius 3 is 2.52 bits per heavy atom. The Balaban J connectivity index is 1.90. The molecule has 8 nitrogen and oxygen atoms in total. The SMILES string of the molecule is Cc1noc(NS(=O)(=O)c2cc(-c3ncco3)ccc2-c2ccccc2O)c1C. The maximum atomic E-state index is 13.3. The molecule has 9 heteroatoms. The van der Waals surface area contributed by atoms with E-state index >= 15 is 0 Å². The van der Waals surface area contributed by atoms with E-state index in [4.69, 9.17) is 8.94 Å². The molecule has 0 saturated heterocycles. The van der Waals surface area contributed by atoms with Gasteiger partial charge in [-0.2, -0.15) is 0 Å². The molecule has 29 heavy (non-hydrogen) atoms. The highest BCUT2D eigenvalue weighted by Gasteiger charge is 2.25. The normalized spacial score (nSPS) is 11.5. The zero-order valence-electron chi connectivity index (χ0n) is 15.6. The van der Waals surface area contributed by atoms with Crippen molar-refractivity contribution in [2.75, 3.05) is 4.72 Å². The Morgan fingerprint density at radius 2 is 1.86 bits per heavy atom. The molecule has 2 aromatic carbocycles. The predicted molar refractivity (Wildman–Crippen MR) is 106 cm³/mol. The van der Waals surface area contributed by atoms with E-state index in [-0.39, 0.29) is 22.4 Å². The molecule has 0 amide bonds. The van der Waals surface area contributed by atoms with Gasteiger partial charge in [-0.05, 0) is 32.0 Å². The lowest BCUT2D eigenvalue weighted by Gasteiger charge is -2.13. The number of hydrogen-bond donors (Lipinski definition) is 2. The standard InChI is InChI=1S/C20H17N3O5S/c1-12-13(2)22-28-19(12)23-29(25,26)18-11-14(20-21-9-10-27-20)7-8-16(18)15-5-3-4-6-17(15)24/h3-11,23-24H,1-2H3. The molecule has 2 heterocycles. The van der Waals surface area contributed by atoms with Crippen molar-refractivity contribution < 1.29 is 22.5 Å². The second kappa shape index (κ2) is 7.10. The molecule has 0 aliphatic rings. The first-order chi connectivity index (χ1) is 13.9. The quantitative estimate of drug-likeness (QED) is 0.507. The number of rotatable bonds is 5. The fourth-order valence-electron chi connectivity index (χ4n) is 2.86. The molecule has 0 spiro atoms. The van der Waals surface area contributed by atoms with Crippen molar-refractivity contribution in [3.8, 4) is 28.3 Å². The van der Waals surface area contributed by atoms with Gasteiger partial charge in [-0.25, -0.2) is 18.1 Å². The Bertz CT molecular complexity index is 1280. The Kier molecular flexibility index (Phi) is 4.59. The second-order valence-electron chi connectivity index (χ2n) is 6.39. The summed E-state index contributed by atoms with van der Waals surface area (Å²) in [5, 5.41) is 14.0. The highest BCUT2D eigenvalue weighted by Crippen LogP contribution is 2.37. The first kappa shape index (κ1) is 18.8. The van der Waals surface area contributed by atoms with Crippen LogP contribution in [0.25, 0.3) is 22.6 Å². The third-order valence-corrected chi connectivity index (χ3v) is 5.90. The van der Waals surface area contributed by atoms with Gasteiger partial charge in [0.05, 0.1) is 16.8 Å². The molecule has 0 unspecified atom stereocenters. The van der Waals surface area contributed by atoms with Gasteiger partial charge in [-0.3, -0.25) is 0 Å². The van der Waals surface area contributed by atoms with E-state index < -0.39 is 10.0 Å². The summed E-state index contributed by atoms with van der Waals surface area (Å²) in [6.45, 7) is 3.42. The number of nitrogens with zero attached hydrogens (tertiary/aromatic N) is 2. The van der Waals surface area contributed by atoms with E-state index in [1.165, 1.54) is 24.6 Å². The fourth-order valence-corrected chi connectivity index (χ4v) is 4.15. The smallest absolute Gasteiger partial charge is 0.264 e. The minimum Gasteiger partial charge on any atom is -0.507 e. The van der Waals surface area contributed by atoms with Gasteiger partial charge in [-0.1, -0.05) is 29.4 Å². The minimum absolute atomic E-state index is 0.0345. The number of aromatic hydroxyl groups is 1. The summed E-state index contributed by atoms with van der Waals surface area (Å²) in [5.41, 5.74) is 2.33. The average molecular weight is 411 g/mol. The third-order valence-electron chi connectivity index (χ3n) is 4.53. The average Bonchev–Trinajstić information content (AvgIpc) is 3.34. The van der Waals surface area contributed by atoms with Crippen LogP contribution in [-0.4, -0.2) is 23.7 Å². The molecule has 0 aliphatic carbocycles. The van der Waals surface area contributed by atoms with Crippen molar-refractivity contribution in [2.45, 2.75) is 18.7 Å². The number of hydrogen-bond acceptors (Lipinski definition) is 7. The van der Waals surface area contributed by atoms with Crippen LogP contribution in [0.4, 0.5) is 5.88 Å². The van der Waals surface area contributed by atoms with E-state index in [0.29, 0.717) is 27.9 Å². The van der Waals surface area contributed by atoms with Gasteiger partial charge < -0.3 is 14.0 Å². The van der Waals surface area contributed by atoms with E-state index in [1.807, 2.05) is 0 Å². The van der Waals surface area contributed by atoms with Crippen LogP contribution in [0.15, 0.2) is 68.8 Å². The van der Waals surface area contributed by atoms with E-state index in [1.54, 1.807) is 44.2 Å². The molecule has 148 valence electrons. The van der Waals surface area contributed by atoms with Gasteiger partial charge in [0, 0.05) is 22.3 Å². The van der Waals surface area contributed by atoms with Crippen LogP contribution in [0, 0.1) is 13.8 Å². The van der Waals surface area contributed by atoms with Crippen LogP contribution in [0.3, 0.4) is 0 Å². The zero-order chi connectivity index (χ0) is 20.6. The Labute approximate surface area is 166 Å². The molecular weight excluding hydrogens is 394 g/mol. The molecule has 2 aromatic heterocycles. The van der Waals surface area contributed by atoms with E-state index in [9.17, 15) is 13.5 Å². The highest BCUT2D eigenvalue weighted by molar-refractivity contribution is 7.92. The molecule has 2 N–H and O–H groups in total. The van der Waals surface area contributed by atoms with Crippen molar-refractivity contribution in [2.24, 2.45) is 0 Å². The molecule has 0 fully saturated rings. The number of benzene rings is 2. The topological polar surface area (TPSA) is 118 Å². The van der Waals surface area contributed by atoms with Crippen LogP contribution in [0.5, 0.6) is 5.75 Å². The second-order valence-corrected chi connectivity index (χ2v) is 8.04. The number of phenolic OH excluding ortho intramolecular Hbond substituents is 1. The van der Waals surface area contributed by atoms with Gasteiger partial charge >= 0.3 is 0 Å². The number of para-hydroxylation sites is 1. The molecule has 0 radical (unpaired) electrons. The van der Waals surface area contributed by atoms with Crippen molar-refractivity contribution in [1.29, 1.82) is 0 Å². The van der Waals surface area contributed by atoms with Crippen LogP contribution in [-0.2, 0) is 10.0 Å². The summed E-state index contributed by atoms with van der Waals surface area (Å²) in [6.07, 6.45) is 2.87. The molecule has 4 aromatic rings. The number of anilines is 1. The monoisotopic (exact) mass is 411 g/mol. The third kappa shape index (κ3) is 3.47. The molecule has 4 rings (SSSR count). The summed E-state index contributed by atoms with van der Waals surface area (Å²) in [7, 11) is -4.10. The molecule has 0 saturated carbocycles. The summed E-state index contributed by atoms with van der Waals surface area (Å²) in [4.78, 5) is 4.00. The summed E-state index contributed by atoms with van der Waals surface area (Å²) in [6, 6.07) is 11.2. The van der Waals surface area contributed by atoms with Crippen LogP contribution in [0.1, 0.15) is 11.3 Å².